The van der Waals surface area contributed by atoms with Crippen LogP contribution in [-0.2, 0) is 9.47 Å². The number of rotatable bonds is 8. The topological polar surface area (TPSA) is 84.9 Å². The van der Waals surface area contributed by atoms with Crippen molar-refractivity contribution in [3.05, 3.63) is 0 Å². The van der Waals surface area contributed by atoms with Gasteiger partial charge in [-0.25, -0.2) is 0 Å². The van der Waals surface area contributed by atoms with Crippen LogP contribution in [0.5, 0.6) is 0 Å². The zero-order chi connectivity index (χ0) is 10.2. The summed E-state index contributed by atoms with van der Waals surface area (Å²) in [7, 11) is -2.92. The molecule has 4 N–H and O–H groups in total. The Hall–Kier alpha value is 0.0169. The molecule has 0 spiro atoms. The average Bonchev–Trinajstić information content (AvgIpc) is 2.01. The van der Waals surface area contributed by atoms with E-state index >= 15 is 0 Å². The van der Waals surface area contributed by atoms with E-state index in [2.05, 4.69) is 0 Å². The molecule has 6 heteroatoms. The molecule has 0 amide bonds. The maximum absolute atomic E-state index is 9.03. The average molecular weight is 209 g/mol. The molecule has 0 atom stereocenters. The highest BCUT2D eigenvalue weighted by Crippen LogP contribution is 1.99. The van der Waals surface area contributed by atoms with Crippen molar-refractivity contribution in [2.75, 3.05) is 33.0 Å². The van der Waals surface area contributed by atoms with Gasteiger partial charge in [0, 0.05) is 19.2 Å². The maximum Gasteiger partial charge on any atom is 0.331 e. The monoisotopic (exact) mass is 209 g/mol. The lowest BCUT2D eigenvalue weighted by Gasteiger charge is -2.11. The number of nitrogens with two attached hydrogens (primary N) is 1. The first-order valence-electron chi connectivity index (χ1n) is 4.36. The van der Waals surface area contributed by atoms with Gasteiger partial charge in [0.2, 0.25) is 0 Å². The summed E-state index contributed by atoms with van der Waals surface area (Å²) >= 11 is 0. The predicted octanol–water partition coefficient (Wildman–Crippen LogP) is -0.965. The van der Waals surface area contributed by atoms with Crippen LogP contribution in [-0.4, -0.2) is 51.1 Å². The zero-order valence-electron chi connectivity index (χ0n) is 8.03. The summed E-state index contributed by atoms with van der Waals surface area (Å²) in [4.78, 5) is 18.1. The predicted molar refractivity (Wildman–Crippen MR) is 51.6 cm³/mol. The Kier molecular flexibility index (Phi) is 7.43. The van der Waals surface area contributed by atoms with Crippen molar-refractivity contribution >= 4 is 8.56 Å². The van der Waals surface area contributed by atoms with Crippen molar-refractivity contribution in [1.29, 1.82) is 0 Å². The van der Waals surface area contributed by atoms with E-state index in [4.69, 9.17) is 24.8 Å². The van der Waals surface area contributed by atoms with Crippen LogP contribution in [0.1, 0.15) is 0 Å². The summed E-state index contributed by atoms with van der Waals surface area (Å²) in [5.41, 5.74) is 5.20. The lowest BCUT2D eigenvalue weighted by molar-refractivity contribution is 0.0542. The normalized spacial score (nSPS) is 12.0. The van der Waals surface area contributed by atoms with Gasteiger partial charge in [-0.05, 0) is 6.55 Å². The molecule has 0 aliphatic rings. The molecule has 0 heterocycles. The van der Waals surface area contributed by atoms with Crippen molar-refractivity contribution in [2.24, 2.45) is 5.73 Å². The smallest absolute Gasteiger partial charge is 0.331 e. The Morgan fingerprint density at radius 3 is 2.08 bits per heavy atom. The van der Waals surface area contributed by atoms with Gasteiger partial charge in [-0.3, -0.25) is 0 Å². The third-order valence-electron chi connectivity index (χ3n) is 1.35. The van der Waals surface area contributed by atoms with Crippen LogP contribution in [0.25, 0.3) is 0 Å². The number of ether oxygens (including phenoxy) is 2. The van der Waals surface area contributed by atoms with E-state index in [1.54, 1.807) is 0 Å². The van der Waals surface area contributed by atoms with Gasteiger partial charge in [-0.2, -0.15) is 0 Å². The van der Waals surface area contributed by atoms with E-state index in [-0.39, 0.29) is 0 Å². The Bertz CT molecular complexity index is 118. The van der Waals surface area contributed by atoms with Crippen molar-refractivity contribution in [3.8, 4) is 0 Å². The standard InChI is InChI=1S/C7H19NO4Si/c1-13(9,10)7-6-12-5-4-11-3-2-8/h9-10H,2-8H2,1H3. The highest BCUT2D eigenvalue weighted by Gasteiger charge is 2.20. The molecule has 0 saturated carbocycles. The van der Waals surface area contributed by atoms with E-state index in [0.717, 1.165) is 0 Å². The third kappa shape index (κ3) is 12.0. The second kappa shape index (κ2) is 7.42. The zero-order valence-corrected chi connectivity index (χ0v) is 9.03. The molecular formula is C7H19NO4Si. The molecule has 80 valence electrons. The Balaban J connectivity index is 3.00. The molecule has 0 radical (unpaired) electrons. The molecule has 0 bridgehead atoms. The van der Waals surface area contributed by atoms with Crippen LogP contribution < -0.4 is 5.73 Å². The van der Waals surface area contributed by atoms with Gasteiger partial charge in [0.25, 0.3) is 0 Å². The van der Waals surface area contributed by atoms with E-state index in [1.807, 2.05) is 0 Å². The fourth-order valence-electron chi connectivity index (χ4n) is 0.671. The van der Waals surface area contributed by atoms with E-state index in [9.17, 15) is 0 Å². The van der Waals surface area contributed by atoms with E-state index in [0.29, 0.717) is 39.0 Å². The van der Waals surface area contributed by atoms with Gasteiger partial charge >= 0.3 is 8.56 Å². The van der Waals surface area contributed by atoms with Crippen molar-refractivity contribution in [3.63, 3.8) is 0 Å². The molecule has 0 aromatic heterocycles. The van der Waals surface area contributed by atoms with Gasteiger partial charge < -0.3 is 24.8 Å². The second-order valence-corrected chi connectivity index (χ2v) is 5.91. The van der Waals surface area contributed by atoms with Crippen LogP contribution in [0.15, 0.2) is 0 Å². The largest absolute Gasteiger partial charge is 0.411 e. The van der Waals surface area contributed by atoms with Crippen molar-refractivity contribution in [1.82, 2.24) is 0 Å². The number of hydrogen-bond donors (Lipinski definition) is 3. The lowest BCUT2D eigenvalue weighted by atomic mass is 10.7. The molecule has 0 saturated heterocycles. The third-order valence-corrected chi connectivity index (χ3v) is 2.51. The first-order chi connectivity index (χ1) is 6.06. The summed E-state index contributed by atoms with van der Waals surface area (Å²) in [6.07, 6.45) is 0. The van der Waals surface area contributed by atoms with Crippen molar-refractivity contribution < 1.29 is 19.1 Å². The second-order valence-electron chi connectivity index (χ2n) is 2.98. The molecule has 0 aliphatic carbocycles. The summed E-state index contributed by atoms with van der Waals surface area (Å²) in [5.74, 6) is 0. The van der Waals surface area contributed by atoms with Crippen LogP contribution in [0.4, 0.5) is 0 Å². The minimum absolute atomic E-state index is 0.337. The Labute approximate surface area is 79.7 Å². The summed E-state index contributed by atoms with van der Waals surface area (Å²) in [6.45, 7) is 3.87. The fourth-order valence-corrected chi connectivity index (χ4v) is 1.20. The quantitative estimate of drug-likeness (QED) is 0.354. The van der Waals surface area contributed by atoms with Crippen LogP contribution in [0.2, 0.25) is 12.6 Å². The maximum atomic E-state index is 9.03. The minimum atomic E-state index is -2.92. The van der Waals surface area contributed by atoms with Gasteiger partial charge in [-0.15, -0.1) is 0 Å². The number of hydrogen-bond acceptors (Lipinski definition) is 5. The summed E-state index contributed by atoms with van der Waals surface area (Å²) in [5, 5.41) is 0. The SMILES string of the molecule is C[Si](O)(O)CCOCCOCCN. The van der Waals surface area contributed by atoms with Gasteiger partial charge in [-0.1, -0.05) is 0 Å². The van der Waals surface area contributed by atoms with Crippen LogP contribution >= 0.6 is 0 Å². The molecule has 0 aromatic carbocycles. The first kappa shape index (κ1) is 13.0. The van der Waals surface area contributed by atoms with Gasteiger partial charge in [0.05, 0.1) is 19.8 Å². The highest BCUT2D eigenvalue weighted by atomic mass is 28.4. The van der Waals surface area contributed by atoms with Crippen molar-refractivity contribution in [2.45, 2.75) is 12.6 Å². The Morgan fingerprint density at radius 1 is 1.08 bits per heavy atom. The van der Waals surface area contributed by atoms with Crippen LogP contribution in [0, 0.1) is 0 Å². The van der Waals surface area contributed by atoms with E-state index in [1.165, 1.54) is 6.55 Å². The highest BCUT2D eigenvalue weighted by molar-refractivity contribution is 6.63. The fraction of sp³-hybridized carbons (Fsp3) is 1.00. The molecule has 0 aromatic rings. The molecule has 13 heavy (non-hydrogen) atoms. The molecule has 0 rings (SSSR count). The molecule has 0 unspecified atom stereocenters. The summed E-state index contributed by atoms with van der Waals surface area (Å²) in [6, 6.07) is 0.337. The van der Waals surface area contributed by atoms with Gasteiger partial charge in [0.15, 0.2) is 0 Å². The minimum Gasteiger partial charge on any atom is -0.411 e. The molecule has 0 aliphatic heterocycles. The summed E-state index contributed by atoms with van der Waals surface area (Å²) < 4.78 is 10.2. The molecule has 0 fully saturated rings. The first-order valence-corrected chi connectivity index (χ1v) is 6.97. The molecule has 5 nitrogen and oxygen atoms in total. The van der Waals surface area contributed by atoms with Gasteiger partial charge in [0.1, 0.15) is 0 Å². The molecular weight excluding hydrogens is 190 g/mol. The Morgan fingerprint density at radius 2 is 1.62 bits per heavy atom. The van der Waals surface area contributed by atoms with Crippen LogP contribution in [0.3, 0.4) is 0 Å². The lowest BCUT2D eigenvalue weighted by Crippen LogP contribution is -2.31. The van der Waals surface area contributed by atoms with E-state index < -0.39 is 8.56 Å².